The first kappa shape index (κ1) is 16.9. The number of carbonyl (C=O) groups is 1. The summed E-state index contributed by atoms with van der Waals surface area (Å²) in [5.74, 6) is -1.65. The molecule has 0 aromatic heterocycles. The van der Waals surface area contributed by atoms with Crippen LogP contribution in [0.3, 0.4) is 0 Å². The van der Waals surface area contributed by atoms with E-state index in [-0.39, 0.29) is 6.54 Å². The number of aliphatic carboxylic acids is 1. The Morgan fingerprint density at radius 2 is 1.91 bits per heavy atom. The Bertz CT molecular complexity index is 807. The lowest BCUT2D eigenvalue weighted by Crippen LogP contribution is -2.24. The first-order chi connectivity index (χ1) is 10.9. The maximum absolute atomic E-state index is 13.6. The van der Waals surface area contributed by atoms with Gasteiger partial charge in [-0.1, -0.05) is 24.3 Å². The van der Waals surface area contributed by atoms with Gasteiger partial charge in [0.15, 0.2) is 6.61 Å². The molecule has 2 aromatic rings. The van der Waals surface area contributed by atoms with E-state index in [0.29, 0.717) is 11.3 Å². The van der Waals surface area contributed by atoms with Crippen LogP contribution in [-0.4, -0.2) is 26.1 Å². The summed E-state index contributed by atoms with van der Waals surface area (Å²) in [4.78, 5) is 10.0. The number of carboxylic acids is 1. The number of rotatable bonds is 7. The summed E-state index contributed by atoms with van der Waals surface area (Å²) in [5.41, 5.74) is 0.549. The lowest BCUT2D eigenvalue weighted by molar-refractivity contribution is -0.139. The molecule has 6 nitrogen and oxygen atoms in total. The fourth-order valence-corrected chi connectivity index (χ4v) is 2.90. The van der Waals surface area contributed by atoms with E-state index < -0.39 is 33.3 Å². The molecule has 0 radical (unpaired) electrons. The van der Waals surface area contributed by atoms with Gasteiger partial charge in [-0.05, 0) is 29.8 Å². The van der Waals surface area contributed by atoms with Crippen molar-refractivity contribution in [2.45, 2.75) is 11.4 Å². The number of halogens is 1. The molecule has 8 heteroatoms. The molecule has 0 spiro atoms. The quantitative estimate of drug-likeness (QED) is 0.802. The standard InChI is InChI=1S/C15H14FNO5S/c16-13-6-1-2-7-14(13)23(20,21)17-9-11-4-3-5-12(8-11)22-10-15(18)19/h1-8,17H,9-10H2,(H,18,19). The second-order valence-corrected chi connectivity index (χ2v) is 6.32. The predicted molar refractivity (Wildman–Crippen MR) is 80.0 cm³/mol. The highest BCUT2D eigenvalue weighted by Crippen LogP contribution is 2.16. The normalized spacial score (nSPS) is 11.2. The van der Waals surface area contributed by atoms with Gasteiger partial charge in [-0.25, -0.2) is 22.3 Å². The molecule has 0 amide bonds. The third-order valence-electron chi connectivity index (χ3n) is 2.85. The summed E-state index contributed by atoms with van der Waals surface area (Å²) < 4.78 is 45.0. The van der Waals surface area contributed by atoms with E-state index in [1.807, 2.05) is 0 Å². The van der Waals surface area contributed by atoms with Crippen molar-refractivity contribution in [3.8, 4) is 5.75 Å². The van der Waals surface area contributed by atoms with Crippen molar-refractivity contribution in [3.63, 3.8) is 0 Å². The van der Waals surface area contributed by atoms with Gasteiger partial charge in [0.25, 0.3) is 0 Å². The highest BCUT2D eigenvalue weighted by molar-refractivity contribution is 7.89. The van der Waals surface area contributed by atoms with Crippen molar-refractivity contribution in [3.05, 3.63) is 59.9 Å². The maximum Gasteiger partial charge on any atom is 0.341 e. The number of hydrogen-bond acceptors (Lipinski definition) is 4. The van der Waals surface area contributed by atoms with Gasteiger partial charge in [0, 0.05) is 6.54 Å². The molecule has 0 aliphatic heterocycles. The Kier molecular flexibility index (Phi) is 5.30. The van der Waals surface area contributed by atoms with Crippen LogP contribution in [0.1, 0.15) is 5.56 Å². The fourth-order valence-electron chi connectivity index (χ4n) is 1.81. The number of ether oxygens (including phenoxy) is 1. The van der Waals surface area contributed by atoms with Crippen LogP contribution in [0.25, 0.3) is 0 Å². The molecule has 2 rings (SSSR count). The first-order valence-corrected chi connectivity index (χ1v) is 8.04. The van der Waals surface area contributed by atoms with Crippen LogP contribution in [0, 0.1) is 5.82 Å². The van der Waals surface area contributed by atoms with E-state index in [0.717, 1.165) is 6.07 Å². The van der Waals surface area contributed by atoms with Crippen molar-refractivity contribution < 1.29 is 27.4 Å². The third kappa shape index (κ3) is 4.76. The van der Waals surface area contributed by atoms with Gasteiger partial charge < -0.3 is 9.84 Å². The molecule has 0 bridgehead atoms. The van der Waals surface area contributed by atoms with Crippen LogP contribution >= 0.6 is 0 Å². The Balaban J connectivity index is 2.07. The molecule has 2 N–H and O–H groups in total. The Morgan fingerprint density at radius 3 is 2.61 bits per heavy atom. The van der Waals surface area contributed by atoms with Crippen LogP contribution in [-0.2, 0) is 21.4 Å². The first-order valence-electron chi connectivity index (χ1n) is 6.56. The van der Waals surface area contributed by atoms with Crippen LogP contribution in [0.4, 0.5) is 4.39 Å². The van der Waals surface area contributed by atoms with Crippen LogP contribution in [0.5, 0.6) is 5.75 Å². The van der Waals surface area contributed by atoms with E-state index >= 15 is 0 Å². The summed E-state index contributed by atoms with van der Waals surface area (Å²) >= 11 is 0. The highest BCUT2D eigenvalue weighted by Gasteiger charge is 2.17. The topological polar surface area (TPSA) is 92.7 Å². The second-order valence-electron chi connectivity index (χ2n) is 4.58. The summed E-state index contributed by atoms with van der Waals surface area (Å²) in [6.45, 7) is -0.578. The SMILES string of the molecule is O=C(O)COc1cccc(CNS(=O)(=O)c2ccccc2F)c1. The maximum atomic E-state index is 13.6. The zero-order chi connectivity index (χ0) is 16.9. The van der Waals surface area contributed by atoms with Gasteiger partial charge in [-0.15, -0.1) is 0 Å². The van der Waals surface area contributed by atoms with Gasteiger partial charge in [0.1, 0.15) is 16.5 Å². The van der Waals surface area contributed by atoms with E-state index in [1.165, 1.54) is 24.3 Å². The molecule has 2 aromatic carbocycles. The molecular formula is C15H14FNO5S. The number of sulfonamides is 1. The lowest BCUT2D eigenvalue weighted by atomic mass is 10.2. The van der Waals surface area contributed by atoms with E-state index in [9.17, 15) is 17.6 Å². The van der Waals surface area contributed by atoms with Gasteiger partial charge in [0.05, 0.1) is 0 Å². The Labute approximate surface area is 132 Å². The molecule has 0 aliphatic rings. The van der Waals surface area contributed by atoms with Crippen molar-refractivity contribution in [1.82, 2.24) is 4.72 Å². The zero-order valence-electron chi connectivity index (χ0n) is 11.9. The third-order valence-corrected chi connectivity index (χ3v) is 4.29. The minimum absolute atomic E-state index is 0.0824. The number of hydrogen-bond donors (Lipinski definition) is 2. The molecule has 0 saturated carbocycles. The average molecular weight is 339 g/mol. The molecule has 23 heavy (non-hydrogen) atoms. The van der Waals surface area contributed by atoms with Gasteiger partial charge >= 0.3 is 5.97 Å². The van der Waals surface area contributed by atoms with Gasteiger partial charge in [-0.3, -0.25) is 0 Å². The molecule has 0 aliphatic carbocycles. The van der Waals surface area contributed by atoms with Crippen LogP contribution in [0.2, 0.25) is 0 Å². The Morgan fingerprint density at radius 1 is 1.17 bits per heavy atom. The Hall–Kier alpha value is -2.45. The van der Waals surface area contributed by atoms with Gasteiger partial charge in [-0.2, -0.15) is 0 Å². The van der Waals surface area contributed by atoms with E-state index in [2.05, 4.69) is 4.72 Å². The molecule has 0 fully saturated rings. The van der Waals surface area contributed by atoms with Crippen LogP contribution in [0.15, 0.2) is 53.4 Å². The minimum Gasteiger partial charge on any atom is -0.482 e. The van der Waals surface area contributed by atoms with Crippen molar-refractivity contribution in [2.24, 2.45) is 0 Å². The molecular weight excluding hydrogens is 325 g/mol. The minimum atomic E-state index is -3.99. The highest BCUT2D eigenvalue weighted by atomic mass is 32.2. The fraction of sp³-hybridized carbons (Fsp3) is 0.133. The number of benzene rings is 2. The van der Waals surface area contributed by atoms with Crippen molar-refractivity contribution >= 4 is 16.0 Å². The summed E-state index contributed by atoms with van der Waals surface area (Å²) in [6.07, 6.45) is 0. The zero-order valence-corrected chi connectivity index (χ0v) is 12.7. The molecule has 0 saturated heterocycles. The number of nitrogens with one attached hydrogen (secondary N) is 1. The average Bonchev–Trinajstić information content (AvgIpc) is 2.52. The summed E-state index contributed by atoms with van der Waals surface area (Å²) in [6, 6.07) is 11.4. The van der Waals surface area contributed by atoms with Crippen LogP contribution < -0.4 is 9.46 Å². The molecule has 0 atom stereocenters. The van der Waals surface area contributed by atoms with Gasteiger partial charge in [0.2, 0.25) is 10.0 Å². The smallest absolute Gasteiger partial charge is 0.341 e. The van der Waals surface area contributed by atoms with Crippen molar-refractivity contribution in [2.75, 3.05) is 6.61 Å². The van der Waals surface area contributed by atoms with E-state index in [4.69, 9.17) is 9.84 Å². The van der Waals surface area contributed by atoms with Crippen molar-refractivity contribution in [1.29, 1.82) is 0 Å². The largest absolute Gasteiger partial charge is 0.482 e. The summed E-state index contributed by atoms with van der Waals surface area (Å²) in [5, 5.41) is 8.55. The molecule has 0 heterocycles. The lowest BCUT2D eigenvalue weighted by Gasteiger charge is -2.09. The second kappa shape index (κ2) is 7.21. The molecule has 122 valence electrons. The number of carboxylic acid groups (broad SMARTS) is 1. The summed E-state index contributed by atoms with van der Waals surface area (Å²) in [7, 11) is -3.99. The monoisotopic (exact) mass is 339 g/mol. The molecule has 0 unspecified atom stereocenters. The predicted octanol–water partition coefficient (Wildman–Crippen LogP) is 1.77. The van der Waals surface area contributed by atoms with E-state index in [1.54, 1.807) is 18.2 Å².